The Hall–Kier alpha value is -6.97. The number of phenolic OH excluding ortho intramolecular Hbond substituents is 1. The van der Waals surface area contributed by atoms with Gasteiger partial charge in [-0.15, -0.1) is 0 Å². The van der Waals surface area contributed by atoms with Crippen molar-refractivity contribution in [1.82, 2.24) is 0 Å². The zero-order chi connectivity index (χ0) is 63.5. The number of anilines is 6. The van der Waals surface area contributed by atoms with Crippen molar-refractivity contribution < 1.29 is 143 Å². The molecule has 0 unspecified atom stereocenters. The Morgan fingerprint density at radius 3 is 1.13 bits per heavy atom. The standard InChI is InChI=1S/C39H30BrNO2.C27H23NO.C12H8BrFO.CH2O3.2K.H/c1-39(2)34-24-22-31(43-37-20-12-19-36(38(37)40)42-30-17-10-5-11-18-30)26-33(34)32-23-21-29(25-35(32)39)41(27-13-6-3-7-14-27)28-15-8-4-9-16-28;1-27(2)25-16-14-22(29)18-24(25)23-15-13-21(17-26(23)27)28(19-9-5-3-6-10-19)20-11-7-4-8-12-20;13-12-10(14)7-4-8-11(12)15-9-5-2-1-3-6-9;2-1-4-3;;;/h3-26H,1-2H3;3-18,29H,1-2H3;1-8H;1,3H;;;/q;;;;2*+1;-1/p-1. The van der Waals surface area contributed by atoms with Crippen molar-refractivity contribution in [2.75, 3.05) is 9.80 Å². The maximum absolute atomic E-state index is 13.2. The van der Waals surface area contributed by atoms with Crippen LogP contribution < -0.4 is 132 Å². The molecule has 93 heavy (non-hydrogen) atoms. The molecule has 1 N–H and O–H groups in total. The number of para-hydroxylation sites is 6. The smallest absolute Gasteiger partial charge is 1.00 e. The molecule has 454 valence electrons. The van der Waals surface area contributed by atoms with Gasteiger partial charge in [0.1, 0.15) is 50.5 Å². The van der Waals surface area contributed by atoms with Crippen molar-refractivity contribution in [1.29, 1.82) is 0 Å². The fraction of sp³-hybridized carbons (Fsp3) is 0.0759. The first kappa shape index (κ1) is 70.4. The van der Waals surface area contributed by atoms with Crippen molar-refractivity contribution in [3.63, 3.8) is 0 Å². The largest absolute Gasteiger partial charge is 1.00 e. The van der Waals surface area contributed by atoms with Gasteiger partial charge in [-0.3, -0.25) is 4.79 Å². The average Bonchev–Trinajstić information content (AvgIpc) is 1.58. The molecule has 14 heteroatoms. The average molecular weight is 1410 g/mol. The summed E-state index contributed by atoms with van der Waals surface area (Å²) in [5, 5.41) is 18.5. The fourth-order valence-corrected chi connectivity index (χ4v) is 12.3. The third-order valence-corrected chi connectivity index (χ3v) is 17.5. The number of nitrogens with zero attached hydrogens (tertiary/aromatic N) is 2. The van der Waals surface area contributed by atoms with Gasteiger partial charge in [0.25, 0.3) is 6.47 Å². The van der Waals surface area contributed by atoms with Gasteiger partial charge in [0, 0.05) is 45.0 Å². The Kier molecular flexibility index (Phi) is 24.5. The predicted octanol–water partition coefficient (Wildman–Crippen LogP) is 15.9. The zero-order valence-corrected chi connectivity index (χ0v) is 61.6. The van der Waals surface area contributed by atoms with Crippen LogP contribution in [0.25, 0.3) is 22.3 Å². The van der Waals surface area contributed by atoms with E-state index in [1.54, 1.807) is 18.2 Å². The molecule has 12 aromatic rings. The molecule has 2 aliphatic rings. The molecule has 14 rings (SSSR count). The Labute approximate surface area is 646 Å². The minimum atomic E-state index is -0.330. The van der Waals surface area contributed by atoms with E-state index in [-0.39, 0.29) is 127 Å². The summed E-state index contributed by atoms with van der Waals surface area (Å²) in [5.41, 5.74) is 16.4. The SMILES string of the molecule is CC1(C)c2ccc(O)cc2-c2ccc(N(c3ccccc3)c3ccccc3)cc21.CC1(C)c2ccc(Oc3cccc(Oc4ccccc4)c3Br)cc2-c2ccc(N(c3ccccc3)c3ccccc3)cc21.Fc1cccc(Oc2ccccc2)c1Br.O=CO[O-].[H-].[K+].[K+]. The summed E-state index contributed by atoms with van der Waals surface area (Å²) >= 11 is 6.85. The van der Waals surface area contributed by atoms with Crippen LogP contribution in [0.3, 0.4) is 0 Å². The summed E-state index contributed by atoms with van der Waals surface area (Å²) in [7, 11) is 0. The van der Waals surface area contributed by atoms with Gasteiger partial charge in [0.05, 0.1) is 4.47 Å². The molecule has 0 heterocycles. The second kappa shape index (κ2) is 32.4. The Bertz CT molecular complexity index is 4390. The summed E-state index contributed by atoms with van der Waals surface area (Å²) in [6, 6.07) is 97.1. The second-order valence-electron chi connectivity index (χ2n) is 22.4. The Morgan fingerprint density at radius 1 is 0.387 bits per heavy atom. The van der Waals surface area contributed by atoms with Crippen molar-refractivity contribution in [3.8, 4) is 62.5 Å². The molecule has 0 saturated heterocycles. The molecule has 12 aromatic carbocycles. The monoisotopic (exact) mass is 1410 g/mol. The van der Waals surface area contributed by atoms with E-state index < -0.39 is 0 Å². The van der Waals surface area contributed by atoms with Crippen LogP contribution >= 0.6 is 31.9 Å². The van der Waals surface area contributed by atoms with E-state index >= 15 is 0 Å². The number of hydrogen-bond acceptors (Lipinski definition) is 9. The molecular formula is C79H63Br2FK2N2O7. The minimum absolute atomic E-state index is 0. The van der Waals surface area contributed by atoms with Crippen LogP contribution in [-0.4, -0.2) is 11.6 Å². The number of aromatic hydroxyl groups is 1. The third-order valence-electron chi connectivity index (χ3n) is 15.9. The van der Waals surface area contributed by atoms with E-state index in [9.17, 15) is 9.50 Å². The molecule has 0 radical (unpaired) electrons. The summed E-state index contributed by atoms with van der Waals surface area (Å²) in [6.07, 6.45) is 0. The molecule has 0 amide bonds. The first-order valence-electron chi connectivity index (χ1n) is 29.4. The van der Waals surface area contributed by atoms with Crippen LogP contribution in [0.2, 0.25) is 0 Å². The molecule has 0 fully saturated rings. The number of fused-ring (bicyclic) bond motifs is 6. The van der Waals surface area contributed by atoms with Gasteiger partial charge in [-0.1, -0.05) is 173 Å². The van der Waals surface area contributed by atoms with Crippen molar-refractivity contribution in [2.24, 2.45) is 0 Å². The molecule has 0 aliphatic heterocycles. The first-order valence-corrected chi connectivity index (χ1v) is 31.0. The van der Waals surface area contributed by atoms with E-state index in [1.807, 2.05) is 97.1 Å². The van der Waals surface area contributed by atoms with E-state index in [0.29, 0.717) is 33.2 Å². The molecule has 0 bridgehead atoms. The Morgan fingerprint density at radius 2 is 0.731 bits per heavy atom. The van der Waals surface area contributed by atoms with Crippen molar-refractivity contribution >= 4 is 72.5 Å². The zero-order valence-electron chi connectivity index (χ0n) is 53.2. The fourth-order valence-electron chi connectivity index (χ4n) is 11.6. The molecule has 2 aliphatic carbocycles. The summed E-state index contributed by atoms with van der Waals surface area (Å²) in [4.78, 5) is 15.9. The van der Waals surface area contributed by atoms with Gasteiger partial charge in [0.15, 0.2) is 0 Å². The van der Waals surface area contributed by atoms with E-state index in [2.05, 4.69) is 244 Å². The number of hydrogen-bond donors (Lipinski definition) is 1. The van der Waals surface area contributed by atoms with Crippen LogP contribution in [0, 0.1) is 5.82 Å². The number of phenols is 1. The maximum atomic E-state index is 13.2. The van der Waals surface area contributed by atoms with Gasteiger partial charge in [-0.25, -0.2) is 4.39 Å². The number of rotatable bonds is 13. The maximum Gasteiger partial charge on any atom is 1.00 e. The number of carbonyl (C=O) groups excluding carboxylic acids is 1. The van der Waals surface area contributed by atoms with E-state index in [1.165, 1.54) is 45.0 Å². The topological polar surface area (TPSA) is 104 Å². The number of carbonyl (C=O) groups is 1. The minimum Gasteiger partial charge on any atom is -1.00 e. The number of benzene rings is 12. The Balaban J connectivity index is 0.000000191. The van der Waals surface area contributed by atoms with E-state index in [4.69, 9.17) is 24.3 Å². The predicted molar refractivity (Wildman–Crippen MR) is 369 cm³/mol. The first-order chi connectivity index (χ1) is 44.2. The molecular weight excluding hydrogens is 1350 g/mol. The molecule has 0 aromatic heterocycles. The number of ether oxygens (including phenoxy) is 3. The van der Waals surface area contributed by atoms with Crippen LogP contribution in [-0.2, 0) is 20.5 Å². The summed E-state index contributed by atoms with van der Waals surface area (Å²) in [6.45, 7) is 8.94. The van der Waals surface area contributed by atoms with E-state index in [0.717, 1.165) is 55.7 Å². The van der Waals surface area contributed by atoms with Crippen molar-refractivity contribution in [2.45, 2.75) is 38.5 Å². The normalized spacial score (nSPS) is 12.0. The van der Waals surface area contributed by atoms with Gasteiger partial charge >= 0.3 is 103 Å². The summed E-state index contributed by atoms with van der Waals surface area (Å²) < 4.78 is 32.3. The molecule has 0 saturated carbocycles. The molecule has 0 spiro atoms. The van der Waals surface area contributed by atoms with Crippen LogP contribution in [0.5, 0.6) is 40.2 Å². The van der Waals surface area contributed by atoms with Gasteiger partial charge < -0.3 is 40.7 Å². The number of halogens is 3. The van der Waals surface area contributed by atoms with Crippen LogP contribution in [0.1, 0.15) is 51.4 Å². The summed E-state index contributed by atoms with van der Waals surface area (Å²) in [5.74, 6) is 4.08. The van der Waals surface area contributed by atoms with Gasteiger partial charge in [0.2, 0.25) is 0 Å². The third kappa shape index (κ3) is 16.2. The van der Waals surface area contributed by atoms with Crippen molar-refractivity contribution in [3.05, 3.63) is 328 Å². The van der Waals surface area contributed by atoms with Crippen LogP contribution in [0.4, 0.5) is 38.5 Å². The molecule has 0 atom stereocenters. The second-order valence-corrected chi connectivity index (χ2v) is 24.0. The van der Waals surface area contributed by atoms with Gasteiger partial charge in [-0.05, 0) is 222 Å². The quantitative estimate of drug-likeness (QED) is 0.0523. The van der Waals surface area contributed by atoms with Crippen LogP contribution in [0.15, 0.2) is 300 Å². The van der Waals surface area contributed by atoms with Gasteiger partial charge in [-0.2, -0.15) is 0 Å². The molecule has 9 nitrogen and oxygen atoms in total.